The van der Waals surface area contributed by atoms with Gasteiger partial charge in [0.15, 0.2) is 5.96 Å². The maximum Gasteiger partial charge on any atom is 0.188 e. The van der Waals surface area contributed by atoms with Crippen molar-refractivity contribution in [1.29, 1.82) is 0 Å². The van der Waals surface area contributed by atoms with Gasteiger partial charge in [0, 0.05) is 31.9 Å². The molecule has 0 fully saturated rings. The summed E-state index contributed by atoms with van der Waals surface area (Å²) >= 11 is 0. The van der Waals surface area contributed by atoms with Crippen molar-refractivity contribution < 1.29 is 9.13 Å². The Labute approximate surface area is 142 Å². The number of benzene rings is 1. The molecule has 21 heavy (non-hydrogen) atoms. The lowest BCUT2D eigenvalue weighted by atomic mass is 10.3. The number of methoxy groups -OCH3 is 1. The molecule has 0 aromatic heterocycles. The van der Waals surface area contributed by atoms with Crippen LogP contribution in [0.5, 0.6) is 0 Å². The third-order valence-corrected chi connectivity index (χ3v) is 2.58. The summed E-state index contributed by atoms with van der Waals surface area (Å²) in [4.78, 5) is 4.21. The van der Waals surface area contributed by atoms with E-state index in [-0.39, 0.29) is 35.8 Å². The molecule has 0 spiro atoms. The van der Waals surface area contributed by atoms with E-state index < -0.39 is 0 Å². The van der Waals surface area contributed by atoms with E-state index in [9.17, 15) is 4.39 Å². The molecule has 1 unspecified atom stereocenters. The van der Waals surface area contributed by atoms with Crippen LogP contribution in [0, 0.1) is 5.82 Å². The Balaban J connectivity index is 0.00000400. The standard InChI is InChI=1S/C14H23FN4O.HI/c1-11(10-20-2)19-14(16)18-8-4-7-17-13-6-3-5-12(15)9-13;/h3,5-6,9,11,17H,4,7-8,10H2,1-2H3,(H3,16,18,19);1H. The SMILES string of the molecule is COCC(C)NC(N)=NCCCNc1cccc(F)c1.I. The zero-order valence-corrected chi connectivity index (χ0v) is 14.8. The predicted octanol–water partition coefficient (Wildman–Crippen LogP) is 2.18. The monoisotopic (exact) mass is 410 g/mol. The second kappa shape index (κ2) is 11.6. The quantitative estimate of drug-likeness (QED) is 0.266. The van der Waals surface area contributed by atoms with Gasteiger partial charge in [-0.25, -0.2) is 4.39 Å². The number of anilines is 1. The van der Waals surface area contributed by atoms with Crippen LogP contribution in [0.4, 0.5) is 10.1 Å². The molecule has 5 nitrogen and oxygen atoms in total. The molecule has 0 heterocycles. The molecule has 0 amide bonds. The molecule has 0 aliphatic rings. The maximum absolute atomic E-state index is 12.9. The van der Waals surface area contributed by atoms with Crippen molar-refractivity contribution in [3.05, 3.63) is 30.1 Å². The molecule has 0 aliphatic carbocycles. The lowest BCUT2D eigenvalue weighted by Gasteiger charge is -2.13. The molecule has 0 saturated heterocycles. The molecule has 1 atom stereocenters. The van der Waals surface area contributed by atoms with Gasteiger partial charge >= 0.3 is 0 Å². The fourth-order valence-electron chi connectivity index (χ4n) is 1.70. The van der Waals surface area contributed by atoms with Crippen molar-refractivity contribution in [2.24, 2.45) is 10.7 Å². The minimum Gasteiger partial charge on any atom is -0.385 e. The highest BCUT2D eigenvalue weighted by Gasteiger charge is 2.00. The molecule has 120 valence electrons. The van der Waals surface area contributed by atoms with Crippen molar-refractivity contribution in [2.75, 3.05) is 32.1 Å². The molecular formula is C14H24FIN4O. The number of rotatable bonds is 8. The van der Waals surface area contributed by atoms with Gasteiger partial charge in [0.1, 0.15) is 5.82 Å². The molecule has 1 rings (SSSR count). The van der Waals surface area contributed by atoms with Gasteiger partial charge in [0.2, 0.25) is 0 Å². The Morgan fingerprint density at radius 2 is 2.24 bits per heavy atom. The average Bonchev–Trinajstić information content (AvgIpc) is 2.38. The van der Waals surface area contributed by atoms with Crippen LogP contribution in [0.25, 0.3) is 0 Å². The van der Waals surface area contributed by atoms with Crippen LogP contribution in [-0.4, -0.2) is 38.8 Å². The second-order valence-electron chi connectivity index (χ2n) is 4.56. The predicted molar refractivity (Wildman–Crippen MR) is 95.9 cm³/mol. The van der Waals surface area contributed by atoms with E-state index in [4.69, 9.17) is 10.5 Å². The first-order valence-electron chi connectivity index (χ1n) is 6.66. The van der Waals surface area contributed by atoms with Gasteiger partial charge in [-0.3, -0.25) is 4.99 Å². The van der Waals surface area contributed by atoms with Crippen LogP contribution < -0.4 is 16.4 Å². The summed E-state index contributed by atoms with van der Waals surface area (Å²) in [5, 5.41) is 6.16. The Bertz CT molecular complexity index is 431. The summed E-state index contributed by atoms with van der Waals surface area (Å²) in [5.41, 5.74) is 6.50. The number of nitrogens with two attached hydrogens (primary N) is 1. The highest BCUT2D eigenvalue weighted by Crippen LogP contribution is 2.08. The van der Waals surface area contributed by atoms with Gasteiger partial charge in [-0.05, 0) is 31.5 Å². The highest BCUT2D eigenvalue weighted by atomic mass is 127. The summed E-state index contributed by atoms with van der Waals surface area (Å²) in [6, 6.07) is 6.52. The van der Waals surface area contributed by atoms with E-state index in [1.165, 1.54) is 12.1 Å². The van der Waals surface area contributed by atoms with E-state index in [1.807, 2.05) is 13.0 Å². The topological polar surface area (TPSA) is 71.7 Å². The number of nitrogens with zero attached hydrogens (tertiary/aromatic N) is 1. The molecule has 7 heteroatoms. The Hall–Kier alpha value is -1.09. The van der Waals surface area contributed by atoms with E-state index in [2.05, 4.69) is 15.6 Å². The fraction of sp³-hybridized carbons (Fsp3) is 0.500. The van der Waals surface area contributed by atoms with E-state index >= 15 is 0 Å². The van der Waals surface area contributed by atoms with Crippen molar-refractivity contribution in [3.63, 3.8) is 0 Å². The van der Waals surface area contributed by atoms with Crippen LogP contribution in [0.2, 0.25) is 0 Å². The normalized spacial score (nSPS) is 12.4. The zero-order chi connectivity index (χ0) is 14.8. The van der Waals surface area contributed by atoms with Crippen LogP contribution in [0.15, 0.2) is 29.3 Å². The fourth-order valence-corrected chi connectivity index (χ4v) is 1.70. The lowest BCUT2D eigenvalue weighted by molar-refractivity contribution is 0.179. The summed E-state index contributed by atoms with van der Waals surface area (Å²) in [7, 11) is 1.64. The first kappa shape index (κ1) is 19.9. The summed E-state index contributed by atoms with van der Waals surface area (Å²) in [6.07, 6.45) is 0.817. The Morgan fingerprint density at radius 1 is 1.48 bits per heavy atom. The molecule has 4 N–H and O–H groups in total. The van der Waals surface area contributed by atoms with E-state index in [0.29, 0.717) is 25.7 Å². The Morgan fingerprint density at radius 3 is 2.90 bits per heavy atom. The third-order valence-electron chi connectivity index (χ3n) is 2.58. The first-order valence-corrected chi connectivity index (χ1v) is 6.66. The number of ether oxygens (including phenoxy) is 1. The Kier molecular flexibility index (Phi) is 11.0. The van der Waals surface area contributed by atoms with Gasteiger partial charge in [-0.2, -0.15) is 0 Å². The average molecular weight is 410 g/mol. The molecule has 1 aromatic carbocycles. The minimum absolute atomic E-state index is 0. The summed E-state index contributed by atoms with van der Waals surface area (Å²) in [5.74, 6) is 0.175. The number of aliphatic imine (C=N–C) groups is 1. The van der Waals surface area contributed by atoms with Crippen molar-refractivity contribution >= 4 is 35.6 Å². The summed E-state index contributed by atoms with van der Waals surface area (Å²) in [6.45, 7) is 3.88. The van der Waals surface area contributed by atoms with Crippen LogP contribution >= 0.6 is 24.0 Å². The second-order valence-corrected chi connectivity index (χ2v) is 4.56. The molecule has 0 radical (unpaired) electrons. The highest BCUT2D eigenvalue weighted by molar-refractivity contribution is 14.0. The van der Waals surface area contributed by atoms with Crippen molar-refractivity contribution in [1.82, 2.24) is 5.32 Å². The van der Waals surface area contributed by atoms with Crippen LogP contribution in [0.3, 0.4) is 0 Å². The van der Waals surface area contributed by atoms with Crippen LogP contribution in [-0.2, 0) is 4.74 Å². The number of hydrogen-bond acceptors (Lipinski definition) is 3. The van der Waals surface area contributed by atoms with Crippen LogP contribution in [0.1, 0.15) is 13.3 Å². The molecule has 0 aliphatic heterocycles. The molecule has 1 aromatic rings. The van der Waals surface area contributed by atoms with E-state index in [1.54, 1.807) is 13.2 Å². The largest absolute Gasteiger partial charge is 0.385 e. The molecule has 0 saturated carbocycles. The number of halogens is 2. The number of guanidine groups is 1. The van der Waals surface area contributed by atoms with Crippen molar-refractivity contribution in [3.8, 4) is 0 Å². The number of nitrogens with one attached hydrogen (secondary N) is 2. The zero-order valence-electron chi connectivity index (χ0n) is 12.4. The smallest absolute Gasteiger partial charge is 0.188 e. The van der Waals surface area contributed by atoms with Gasteiger partial charge < -0.3 is 21.1 Å². The first-order chi connectivity index (χ1) is 9.61. The molecular weight excluding hydrogens is 386 g/mol. The molecule has 0 bridgehead atoms. The van der Waals surface area contributed by atoms with Gasteiger partial charge in [-0.15, -0.1) is 24.0 Å². The summed E-state index contributed by atoms with van der Waals surface area (Å²) < 4.78 is 17.9. The number of hydrogen-bond donors (Lipinski definition) is 3. The van der Waals surface area contributed by atoms with Crippen molar-refractivity contribution in [2.45, 2.75) is 19.4 Å². The van der Waals surface area contributed by atoms with E-state index in [0.717, 1.165) is 12.1 Å². The maximum atomic E-state index is 12.9. The minimum atomic E-state index is -0.242. The van der Waals surface area contributed by atoms with Gasteiger partial charge in [0.25, 0.3) is 0 Å². The lowest BCUT2D eigenvalue weighted by Crippen LogP contribution is -2.40. The van der Waals surface area contributed by atoms with Gasteiger partial charge in [-0.1, -0.05) is 6.07 Å². The third kappa shape index (κ3) is 9.46. The van der Waals surface area contributed by atoms with Gasteiger partial charge in [0.05, 0.1) is 6.61 Å².